The zero-order valence-corrected chi connectivity index (χ0v) is 8.19. The molecule has 0 aromatic carbocycles. The lowest BCUT2D eigenvalue weighted by atomic mass is 10.2. The van der Waals surface area contributed by atoms with Crippen molar-refractivity contribution in [1.29, 1.82) is 5.26 Å². The Balaban J connectivity index is 2.88. The van der Waals surface area contributed by atoms with Crippen molar-refractivity contribution < 1.29 is 4.79 Å². The molecule has 1 rings (SSSR count). The molecule has 4 heteroatoms. The molecular weight excluding hydrogens is 178 g/mol. The summed E-state index contributed by atoms with van der Waals surface area (Å²) in [6, 6.07) is 5.05. The summed E-state index contributed by atoms with van der Waals surface area (Å²) < 4.78 is 0. The van der Waals surface area contributed by atoms with Gasteiger partial charge in [0.25, 0.3) is 5.91 Å². The Kier molecular flexibility index (Phi) is 3.19. The van der Waals surface area contributed by atoms with E-state index < -0.39 is 0 Å². The normalized spacial score (nSPS) is 9.21. The zero-order chi connectivity index (χ0) is 10.6. The lowest BCUT2D eigenvalue weighted by Gasteiger charge is -2.13. The van der Waals surface area contributed by atoms with Gasteiger partial charge in [0.05, 0.1) is 5.56 Å². The van der Waals surface area contributed by atoms with Crippen LogP contribution in [0.3, 0.4) is 0 Å². The highest BCUT2D eigenvalue weighted by atomic mass is 16.2. The minimum absolute atomic E-state index is 0.0792. The van der Waals surface area contributed by atoms with Gasteiger partial charge in [-0.15, -0.1) is 0 Å². The first kappa shape index (κ1) is 10.2. The summed E-state index contributed by atoms with van der Waals surface area (Å²) in [6.07, 6.45) is 1.42. The topological polar surface area (TPSA) is 57.0 Å². The van der Waals surface area contributed by atoms with E-state index in [4.69, 9.17) is 5.26 Å². The number of amides is 1. The first-order valence-corrected chi connectivity index (χ1v) is 4.30. The third-order valence-corrected chi connectivity index (χ3v) is 1.95. The number of carbonyl (C=O) groups excluding carboxylic acids is 1. The van der Waals surface area contributed by atoms with Crippen molar-refractivity contribution >= 4 is 5.91 Å². The van der Waals surface area contributed by atoms with Crippen molar-refractivity contribution in [2.24, 2.45) is 0 Å². The Hall–Kier alpha value is -1.89. The van der Waals surface area contributed by atoms with E-state index >= 15 is 0 Å². The maximum Gasteiger partial charge on any atom is 0.255 e. The molecule has 14 heavy (non-hydrogen) atoms. The number of carbonyl (C=O) groups is 1. The molecule has 0 aliphatic rings. The van der Waals surface area contributed by atoms with E-state index in [0.717, 1.165) is 0 Å². The van der Waals surface area contributed by atoms with Gasteiger partial charge in [-0.2, -0.15) is 5.26 Å². The fourth-order valence-corrected chi connectivity index (χ4v) is 0.951. The Bertz CT molecular complexity index is 364. The Labute approximate surface area is 82.8 Å². The highest BCUT2D eigenvalue weighted by molar-refractivity contribution is 5.93. The second kappa shape index (κ2) is 4.38. The van der Waals surface area contributed by atoms with E-state index in [1.807, 2.05) is 13.0 Å². The highest BCUT2D eigenvalue weighted by Gasteiger charge is 2.09. The molecule has 1 amide bonds. The van der Waals surface area contributed by atoms with E-state index in [-0.39, 0.29) is 5.91 Å². The maximum absolute atomic E-state index is 11.6. The monoisotopic (exact) mass is 189 g/mol. The molecule has 0 atom stereocenters. The molecule has 0 aliphatic carbocycles. The van der Waals surface area contributed by atoms with Crippen LogP contribution in [0, 0.1) is 11.3 Å². The Morgan fingerprint density at radius 2 is 2.36 bits per heavy atom. The van der Waals surface area contributed by atoms with Crippen molar-refractivity contribution in [3.63, 3.8) is 0 Å². The predicted octanol–water partition coefficient (Wildman–Crippen LogP) is 1.05. The Morgan fingerprint density at radius 3 is 2.79 bits per heavy atom. The van der Waals surface area contributed by atoms with Crippen LogP contribution in [0.25, 0.3) is 0 Å². The van der Waals surface area contributed by atoms with Crippen LogP contribution in [0.2, 0.25) is 0 Å². The first-order valence-electron chi connectivity index (χ1n) is 4.30. The van der Waals surface area contributed by atoms with Crippen LogP contribution in [0.4, 0.5) is 0 Å². The maximum atomic E-state index is 11.6. The number of rotatable bonds is 2. The van der Waals surface area contributed by atoms with Gasteiger partial charge < -0.3 is 4.90 Å². The standard InChI is InChI=1S/C10H11N3O/c1-3-13(2)10(14)8-4-5-9(6-11)12-7-8/h4-5,7H,3H2,1-2H3. The molecule has 1 heterocycles. The minimum Gasteiger partial charge on any atom is -0.342 e. The average molecular weight is 189 g/mol. The number of pyridine rings is 1. The number of hydrogen-bond acceptors (Lipinski definition) is 3. The van der Waals surface area contributed by atoms with Crippen LogP contribution in [-0.4, -0.2) is 29.4 Å². The molecule has 0 spiro atoms. The summed E-state index contributed by atoms with van der Waals surface area (Å²) in [5.74, 6) is -0.0792. The van der Waals surface area contributed by atoms with Crippen LogP contribution < -0.4 is 0 Å². The molecule has 0 radical (unpaired) electrons. The third-order valence-electron chi connectivity index (χ3n) is 1.95. The number of nitriles is 1. The van der Waals surface area contributed by atoms with Crippen molar-refractivity contribution in [2.45, 2.75) is 6.92 Å². The highest BCUT2D eigenvalue weighted by Crippen LogP contribution is 2.02. The summed E-state index contributed by atoms with van der Waals surface area (Å²) in [5, 5.41) is 8.51. The molecule has 0 aliphatic heterocycles. The number of hydrogen-bond donors (Lipinski definition) is 0. The average Bonchev–Trinajstić information content (AvgIpc) is 2.27. The van der Waals surface area contributed by atoms with Gasteiger partial charge in [-0.3, -0.25) is 4.79 Å². The van der Waals surface area contributed by atoms with Crippen molar-refractivity contribution in [3.8, 4) is 6.07 Å². The van der Waals surface area contributed by atoms with Crippen molar-refractivity contribution in [2.75, 3.05) is 13.6 Å². The van der Waals surface area contributed by atoms with E-state index in [2.05, 4.69) is 4.98 Å². The molecule has 0 bridgehead atoms. The molecule has 4 nitrogen and oxygen atoms in total. The van der Waals surface area contributed by atoms with Gasteiger partial charge >= 0.3 is 0 Å². The largest absolute Gasteiger partial charge is 0.342 e. The van der Waals surface area contributed by atoms with Gasteiger partial charge in [-0.25, -0.2) is 4.98 Å². The molecular formula is C10H11N3O. The van der Waals surface area contributed by atoms with Crippen LogP contribution in [0.5, 0.6) is 0 Å². The molecule has 0 saturated carbocycles. The van der Waals surface area contributed by atoms with E-state index in [9.17, 15) is 4.79 Å². The van der Waals surface area contributed by atoms with Gasteiger partial charge in [-0.05, 0) is 19.1 Å². The van der Waals surface area contributed by atoms with E-state index in [1.165, 1.54) is 12.3 Å². The van der Waals surface area contributed by atoms with Crippen molar-refractivity contribution in [1.82, 2.24) is 9.88 Å². The summed E-state index contributed by atoms with van der Waals surface area (Å²) in [6.45, 7) is 2.55. The smallest absolute Gasteiger partial charge is 0.255 e. The Morgan fingerprint density at radius 1 is 1.64 bits per heavy atom. The number of nitrogens with zero attached hydrogens (tertiary/aromatic N) is 3. The molecule has 0 saturated heterocycles. The zero-order valence-electron chi connectivity index (χ0n) is 8.19. The first-order chi connectivity index (χ1) is 6.69. The van der Waals surface area contributed by atoms with E-state index in [1.54, 1.807) is 18.0 Å². The molecule has 0 fully saturated rings. The summed E-state index contributed by atoms with van der Waals surface area (Å²) in [5.41, 5.74) is 0.828. The van der Waals surface area contributed by atoms with E-state index in [0.29, 0.717) is 17.8 Å². The van der Waals surface area contributed by atoms with Crippen LogP contribution in [-0.2, 0) is 0 Å². The van der Waals surface area contributed by atoms with Gasteiger partial charge in [0.15, 0.2) is 0 Å². The van der Waals surface area contributed by atoms with Crippen molar-refractivity contribution in [3.05, 3.63) is 29.6 Å². The van der Waals surface area contributed by atoms with Crippen LogP contribution in [0.15, 0.2) is 18.3 Å². The quantitative estimate of drug-likeness (QED) is 0.698. The van der Waals surface area contributed by atoms with Gasteiger partial charge in [-0.1, -0.05) is 0 Å². The van der Waals surface area contributed by atoms with Gasteiger partial charge in [0.2, 0.25) is 0 Å². The molecule has 1 aromatic heterocycles. The molecule has 0 N–H and O–H groups in total. The lowest BCUT2D eigenvalue weighted by Crippen LogP contribution is -2.26. The SMILES string of the molecule is CCN(C)C(=O)c1ccc(C#N)nc1. The van der Waals surface area contributed by atoms with Crippen LogP contribution >= 0.6 is 0 Å². The minimum atomic E-state index is -0.0792. The predicted molar refractivity (Wildman–Crippen MR) is 51.6 cm³/mol. The summed E-state index contributed by atoms with van der Waals surface area (Å²) in [7, 11) is 1.72. The second-order valence-electron chi connectivity index (χ2n) is 2.86. The second-order valence-corrected chi connectivity index (χ2v) is 2.86. The number of aromatic nitrogens is 1. The fraction of sp³-hybridized carbons (Fsp3) is 0.300. The molecule has 1 aromatic rings. The fourth-order valence-electron chi connectivity index (χ4n) is 0.951. The summed E-state index contributed by atoms with van der Waals surface area (Å²) >= 11 is 0. The molecule has 72 valence electrons. The lowest BCUT2D eigenvalue weighted by molar-refractivity contribution is 0.0802. The summed E-state index contributed by atoms with van der Waals surface area (Å²) in [4.78, 5) is 17.0. The van der Waals surface area contributed by atoms with Gasteiger partial charge in [0, 0.05) is 19.8 Å². The third kappa shape index (κ3) is 2.07. The van der Waals surface area contributed by atoms with Crippen LogP contribution in [0.1, 0.15) is 23.0 Å². The molecule has 0 unspecified atom stereocenters. The van der Waals surface area contributed by atoms with Gasteiger partial charge in [0.1, 0.15) is 11.8 Å².